The molecule has 0 bridgehead atoms. The van der Waals surface area contributed by atoms with Gasteiger partial charge in [-0.1, -0.05) is 37.3 Å². The Hall–Kier alpha value is -3.59. The van der Waals surface area contributed by atoms with E-state index in [1.807, 2.05) is 51.9 Å². The van der Waals surface area contributed by atoms with Gasteiger partial charge >= 0.3 is 0 Å². The highest BCUT2D eigenvalue weighted by Crippen LogP contribution is 2.40. The molecule has 2 aliphatic heterocycles. The quantitative estimate of drug-likeness (QED) is 0.520. The maximum absolute atomic E-state index is 5.50. The molecule has 1 atom stereocenters. The topological polar surface area (TPSA) is 86.8 Å². The number of fused-ring (bicyclic) bond motifs is 3. The molecule has 0 amide bonds. The highest BCUT2D eigenvalue weighted by Gasteiger charge is 2.40. The van der Waals surface area contributed by atoms with Crippen molar-refractivity contribution in [2.45, 2.75) is 25.4 Å². The van der Waals surface area contributed by atoms with Crippen molar-refractivity contribution in [2.24, 2.45) is 0 Å². The van der Waals surface area contributed by atoms with Crippen molar-refractivity contribution in [3.8, 4) is 23.0 Å². The van der Waals surface area contributed by atoms with Crippen molar-refractivity contribution in [1.82, 2.24) is 34.3 Å². The molecule has 0 radical (unpaired) electrons. The highest BCUT2D eigenvalue weighted by atomic mass is 16.5. The molecule has 1 fully saturated rings. The molecule has 5 heterocycles. The summed E-state index contributed by atoms with van der Waals surface area (Å²) in [5, 5.41) is 8.53. The first-order valence-corrected chi connectivity index (χ1v) is 10.1. The lowest BCUT2D eigenvalue weighted by molar-refractivity contribution is 0.00339. The molecule has 9 heteroatoms. The third-order valence-corrected chi connectivity index (χ3v) is 5.74. The van der Waals surface area contributed by atoms with Crippen molar-refractivity contribution in [2.75, 3.05) is 18.1 Å². The van der Waals surface area contributed by atoms with E-state index in [0.29, 0.717) is 19.2 Å². The fourth-order valence-corrected chi connectivity index (χ4v) is 4.22. The summed E-state index contributed by atoms with van der Waals surface area (Å²) in [5.74, 6) is 3.18. The molecule has 9 nitrogen and oxygen atoms in total. The summed E-state index contributed by atoms with van der Waals surface area (Å²) in [6, 6.07) is 10.4. The Balaban J connectivity index is 1.51. The van der Waals surface area contributed by atoms with Crippen LogP contribution in [0.1, 0.15) is 25.2 Å². The van der Waals surface area contributed by atoms with Crippen LogP contribution in [0.4, 0.5) is 5.82 Å². The largest absolute Gasteiger partial charge is 0.377 e. The fraction of sp³-hybridized carbons (Fsp3) is 0.286. The Bertz CT molecular complexity index is 1200. The van der Waals surface area contributed by atoms with Crippen molar-refractivity contribution >= 4 is 5.82 Å². The molecule has 4 aromatic rings. The number of rotatable bonds is 4. The van der Waals surface area contributed by atoms with Crippen LogP contribution in [0.25, 0.3) is 23.0 Å². The van der Waals surface area contributed by atoms with E-state index in [0.717, 1.165) is 35.1 Å². The minimum absolute atomic E-state index is 0.0908. The monoisotopic (exact) mass is 400 g/mol. The van der Waals surface area contributed by atoms with Gasteiger partial charge in [-0.05, 0) is 6.42 Å². The van der Waals surface area contributed by atoms with Crippen LogP contribution < -0.4 is 4.90 Å². The minimum Gasteiger partial charge on any atom is -0.377 e. The van der Waals surface area contributed by atoms with Crippen LogP contribution in [0.3, 0.4) is 0 Å². The summed E-state index contributed by atoms with van der Waals surface area (Å²) in [6.45, 7) is 3.53. The van der Waals surface area contributed by atoms with Gasteiger partial charge in [0.1, 0.15) is 17.8 Å². The second-order valence-corrected chi connectivity index (χ2v) is 7.45. The Labute approximate surface area is 173 Å². The summed E-state index contributed by atoms with van der Waals surface area (Å²) < 4.78 is 9.42. The van der Waals surface area contributed by atoms with E-state index in [-0.39, 0.29) is 12.1 Å². The van der Waals surface area contributed by atoms with Crippen LogP contribution in [0, 0.1) is 0 Å². The van der Waals surface area contributed by atoms with Crippen LogP contribution in [-0.4, -0.2) is 53.5 Å². The summed E-state index contributed by atoms with van der Waals surface area (Å²) in [5.41, 5.74) is 1.90. The molecule has 150 valence electrons. The zero-order valence-corrected chi connectivity index (χ0v) is 16.5. The second kappa shape index (κ2) is 6.74. The van der Waals surface area contributed by atoms with Crippen molar-refractivity contribution < 1.29 is 4.74 Å². The molecule has 0 aliphatic carbocycles. The summed E-state index contributed by atoms with van der Waals surface area (Å²) in [4.78, 5) is 16.5. The molecule has 6 rings (SSSR count). The van der Waals surface area contributed by atoms with Gasteiger partial charge in [0.05, 0.1) is 31.5 Å². The molecular formula is C21H20N8O. The normalized spacial score (nSPS) is 18.0. The zero-order valence-electron chi connectivity index (χ0n) is 16.5. The molecule has 1 unspecified atom stereocenters. The highest BCUT2D eigenvalue weighted by molar-refractivity contribution is 5.64. The van der Waals surface area contributed by atoms with Gasteiger partial charge in [-0.3, -0.25) is 9.13 Å². The Kier molecular flexibility index (Phi) is 3.88. The van der Waals surface area contributed by atoms with E-state index in [1.54, 1.807) is 12.5 Å². The second-order valence-electron chi connectivity index (χ2n) is 7.45. The van der Waals surface area contributed by atoms with E-state index in [9.17, 15) is 0 Å². The molecule has 3 aromatic heterocycles. The fourth-order valence-electron chi connectivity index (χ4n) is 4.22. The Morgan fingerprint density at radius 1 is 1.10 bits per heavy atom. The molecule has 0 saturated carbocycles. The molecule has 30 heavy (non-hydrogen) atoms. The number of ether oxygens (including phenoxy) is 1. The van der Waals surface area contributed by atoms with Gasteiger partial charge in [0, 0.05) is 18.0 Å². The summed E-state index contributed by atoms with van der Waals surface area (Å²) in [6.07, 6.45) is 8.15. The van der Waals surface area contributed by atoms with Gasteiger partial charge in [-0.15, -0.1) is 10.2 Å². The van der Waals surface area contributed by atoms with Gasteiger partial charge in [0.25, 0.3) is 0 Å². The number of aromatic nitrogens is 7. The number of imidazole rings is 1. The van der Waals surface area contributed by atoms with Gasteiger partial charge in [-0.2, -0.15) is 4.98 Å². The first-order chi connectivity index (χ1) is 14.8. The van der Waals surface area contributed by atoms with Crippen LogP contribution >= 0.6 is 0 Å². The van der Waals surface area contributed by atoms with Crippen molar-refractivity contribution in [3.05, 3.63) is 61.1 Å². The molecule has 2 aliphatic rings. The number of benzene rings is 1. The van der Waals surface area contributed by atoms with Crippen LogP contribution in [0.5, 0.6) is 0 Å². The van der Waals surface area contributed by atoms with Gasteiger partial charge in [0.2, 0.25) is 5.95 Å². The summed E-state index contributed by atoms with van der Waals surface area (Å²) in [7, 11) is 0. The predicted molar refractivity (Wildman–Crippen MR) is 110 cm³/mol. The van der Waals surface area contributed by atoms with Gasteiger partial charge in [-0.25, -0.2) is 9.97 Å². The van der Waals surface area contributed by atoms with E-state index >= 15 is 0 Å². The van der Waals surface area contributed by atoms with E-state index in [2.05, 4.69) is 32.0 Å². The average Bonchev–Trinajstić information content (AvgIpc) is 3.43. The van der Waals surface area contributed by atoms with Crippen molar-refractivity contribution in [3.63, 3.8) is 0 Å². The predicted octanol–water partition coefficient (Wildman–Crippen LogP) is 2.58. The lowest BCUT2D eigenvalue weighted by Gasteiger charge is -2.45. The van der Waals surface area contributed by atoms with E-state index in [4.69, 9.17) is 9.72 Å². The smallest absolute Gasteiger partial charge is 0.237 e. The Morgan fingerprint density at radius 2 is 1.97 bits per heavy atom. The third kappa shape index (κ3) is 2.48. The molecule has 0 N–H and O–H groups in total. The number of nitrogens with zero attached hydrogens (tertiary/aromatic N) is 8. The van der Waals surface area contributed by atoms with Gasteiger partial charge < -0.3 is 9.64 Å². The van der Waals surface area contributed by atoms with Crippen molar-refractivity contribution in [1.29, 1.82) is 0 Å². The van der Waals surface area contributed by atoms with E-state index < -0.39 is 0 Å². The first-order valence-electron chi connectivity index (χ1n) is 10.1. The maximum atomic E-state index is 5.50. The molecule has 1 saturated heterocycles. The number of anilines is 1. The molecule has 1 aromatic carbocycles. The number of hydrogen-bond acceptors (Lipinski definition) is 7. The lowest BCUT2D eigenvalue weighted by Crippen LogP contribution is -2.53. The van der Waals surface area contributed by atoms with Crippen LogP contribution in [0.2, 0.25) is 0 Å². The zero-order chi connectivity index (χ0) is 20.1. The average molecular weight is 400 g/mol. The molecule has 0 spiro atoms. The number of hydrogen-bond donors (Lipinski definition) is 0. The maximum Gasteiger partial charge on any atom is 0.237 e. The summed E-state index contributed by atoms with van der Waals surface area (Å²) >= 11 is 0. The lowest BCUT2D eigenvalue weighted by atomic mass is 10.0. The Morgan fingerprint density at radius 3 is 2.73 bits per heavy atom. The van der Waals surface area contributed by atoms with E-state index in [1.165, 1.54) is 0 Å². The SMILES string of the molecule is CCC1c2nncn2-c2cnc(-n3ccnc3-c3ccccc3)nc2N1C1COC1. The minimum atomic E-state index is 0.0908. The first kappa shape index (κ1) is 17.3. The standard InChI is InChI=1S/C21H20N8O/c1-2-16-20-26-24-13-28(20)17-10-23-21(25-19(17)29(16)15-11-30-12-15)27-9-8-22-18(27)14-6-4-3-5-7-14/h3-10,13,15-16H,2,11-12H2,1H3. The molecular weight excluding hydrogens is 380 g/mol. The third-order valence-electron chi connectivity index (χ3n) is 5.74. The van der Waals surface area contributed by atoms with Gasteiger partial charge in [0.15, 0.2) is 11.6 Å². The van der Waals surface area contributed by atoms with Crippen LogP contribution in [-0.2, 0) is 4.74 Å². The van der Waals surface area contributed by atoms with Crippen LogP contribution in [0.15, 0.2) is 55.2 Å².